The number of pyridine rings is 1. The lowest BCUT2D eigenvalue weighted by molar-refractivity contribution is -0.0502. The molecule has 1 aliphatic heterocycles. The molecule has 1 N–H and O–H groups in total. The number of fused-ring (bicyclic) bond motifs is 1. The van der Waals surface area contributed by atoms with Gasteiger partial charge in [-0.15, -0.1) is 0 Å². The summed E-state index contributed by atoms with van der Waals surface area (Å²) in [7, 11) is 1.38. The zero-order chi connectivity index (χ0) is 26.6. The third-order valence-electron chi connectivity index (χ3n) is 6.82. The van der Waals surface area contributed by atoms with Crippen LogP contribution in [0.4, 0.5) is 8.78 Å². The van der Waals surface area contributed by atoms with Crippen molar-refractivity contribution in [3.8, 4) is 34.6 Å². The Hall–Kier alpha value is -3.91. The van der Waals surface area contributed by atoms with Crippen LogP contribution in [-0.4, -0.2) is 66.2 Å². The van der Waals surface area contributed by atoms with Crippen LogP contribution in [0.25, 0.3) is 16.9 Å². The minimum absolute atomic E-state index is 0.0395. The van der Waals surface area contributed by atoms with Gasteiger partial charge < -0.3 is 24.4 Å². The number of carbonyl (C=O) groups is 1. The number of imidazole rings is 1. The van der Waals surface area contributed by atoms with Crippen LogP contribution in [0.5, 0.6) is 17.2 Å². The van der Waals surface area contributed by atoms with Crippen molar-refractivity contribution < 1.29 is 27.8 Å². The smallest absolute Gasteiger partial charge is 0.387 e. The fourth-order valence-electron chi connectivity index (χ4n) is 4.74. The van der Waals surface area contributed by atoms with Gasteiger partial charge in [0.15, 0.2) is 0 Å². The first-order chi connectivity index (χ1) is 18.4. The Morgan fingerprint density at radius 2 is 2.08 bits per heavy atom. The molecule has 3 aromatic rings. The lowest BCUT2D eigenvalue weighted by atomic mass is 10.1. The van der Waals surface area contributed by atoms with Gasteiger partial charge in [0.1, 0.15) is 28.5 Å². The third kappa shape index (κ3) is 5.81. The molecule has 11 heteroatoms. The van der Waals surface area contributed by atoms with E-state index in [4.69, 9.17) is 19.5 Å². The van der Waals surface area contributed by atoms with E-state index in [1.165, 1.54) is 13.2 Å². The van der Waals surface area contributed by atoms with Crippen molar-refractivity contribution in [1.82, 2.24) is 19.6 Å². The first-order valence-corrected chi connectivity index (χ1v) is 12.6. The minimum atomic E-state index is -3.11. The predicted molar refractivity (Wildman–Crippen MR) is 135 cm³/mol. The number of hydrogen-bond donors (Lipinski definition) is 1. The average molecular weight is 526 g/mol. The van der Waals surface area contributed by atoms with Gasteiger partial charge >= 0.3 is 6.61 Å². The van der Waals surface area contributed by atoms with Gasteiger partial charge in [0.05, 0.1) is 31.7 Å². The zero-order valence-electron chi connectivity index (χ0n) is 21.0. The van der Waals surface area contributed by atoms with Crippen LogP contribution in [0.1, 0.15) is 36.0 Å². The van der Waals surface area contributed by atoms with E-state index < -0.39 is 12.5 Å². The van der Waals surface area contributed by atoms with Crippen LogP contribution in [0.3, 0.4) is 0 Å². The molecule has 38 heavy (non-hydrogen) atoms. The number of carbonyl (C=O) groups excluding carboxylic acids is 1. The van der Waals surface area contributed by atoms with Crippen LogP contribution in [0, 0.1) is 17.2 Å². The number of aromatic nitrogens is 2. The lowest BCUT2D eigenvalue weighted by Crippen LogP contribution is -2.26. The number of rotatable bonds is 11. The number of halogens is 2. The fraction of sp³-hybridized carbons (Fsp3) is 0.444. The SMILES string of the molecule is COc1cc(-c2cnc3cc(OC[C@H]4CCN(CCC#N)C4)ccn23)cc(OC(F)F)c1C(=O)NC1CC1. The number of likely N-dealkylation sites (tertiary alicyclic amines) is 1. The van der Waals surface area contributed by atoms with E-state index in [1.807, 2.05) is 12.1 Å². The van der Waals surface area contributed by atoms with Crippen molar-refractivity contribution in [2.24, 2.45) is 5.92 Å². The number of alkyl halides is 2. The van der Waals surface area contributed by atoms with E-state index in [0.29, 0.717) is 41.6 Å². The molecular formula is C27H29F2N5O4. The van der Waals surface area contributed by atoms with Crippen molar-refractivity contribution in [2.75, 3.05) is 33.4 Å². The molecule has 0 spiro atoms. The molecule has 1 aromatic carbocycles. The zero-order valence-corrected chi connectivity index (χ0v) is 21.0. The molecule has 1 atom stereocenters. The maximum Gasteiger partial charge on any atom is 0.387 e. The number of methoxy groups -OCH3 is 1. The van der Waals surface area contributed by atoms with Crippen LogP contribution in [-0.2, 0) is 0 Å². The Morgan fingerprint density at radius 1 is 1.26 bits per heavy atom. The van der Waals surface area contributed by atoms with Crippen molar-refractivity contribution >= 4 is 11.6 Å². The van der Waals surface area contributed by atoms with Crippen molar-refractivity contribution in [1.29, 1.82) is 5.26 Å². The molecule has 1 saturated carbocycles. The highest BCUT2D eigenvalue weighted by Crippen LogP contribution is 2.37. The van der Waals surface area contributed by atoms with Crippen molar-refractivity contribution in [3.05, 3.63) is 42.2 Å². The maximum atomic E-state index is 13.3. The van der Waals surface area contributed by atoms with Gasteiger partial charge in [-0.2, -0.15) is 14.0 Å². The monoisotopic (exact) mass is 525 g/mol. The van der Waals surface area contributed by atoms with Gasteiger partial charge in [0, 0.05) is 49.3 Å². The number of nitrogens with zero attached hydrogens (tertiary/aromatic N) is 4. The molecule has 5 rings (SSSR count). The van der Waals surface area contributed by atoms with Crippen LogP contribution >= 0.6 is 0 Å². The van der Waals surface area contributed by atoms with Gasteiger partial charge in [-0.25, -0.2) is 4.98 Å². The molecule has 2 aliphatic rings. The molecule has 2 fully saturated rings. The normalized spacial score (nSPS) is 17.5. The van der Waals surface area contributed by atoms with Gasteiger partial charge in [-0.3, -0.25) is 9.20 Å². The average Bonchev–Trinajstić information content (AvgIpc) is 3.43. The highest BCUT2D eigenvalue weighted by atomic mass is 19.3. The fourth-order valence-corrected chi connectivity index (χ4v) is 4.74. The van der Waals surface area contributed by atoms with Crippen molar-refractivity contribution in [3.63, 3.8) is 0 Å². The number of amides is 1. The summed E-state index contributed by atoms with van der Waals surface area (Å²) >= 11 is 0. The Balaban J connectivity index is 1.36. The van der Waals surface area contributed by atoms with E-state index in [-0.39, 0.29) is 23.1 Å². The summed E-state index contributed by atoms with van der Waals surface area (Å²) in [6.07, 6.45) is 6.69. The van der Waals surface area contributed by atoms with E-state index in [9.17, 15) is 13.6 Å². The molecule has 0 bridgehead atoms. The summed E-state index contributed by atoms with van der Waals surface area (Å²) in [5.74, 6) is 0.435. The minimum Gasteiger partial charge on any atom is -0.496 e. The second kappa shape index (κ2) is 11.2. The molecule has 0 radical (unpaired) electrons. The second-order valence-electron chi connectivity index (χ2n) is 9.59. The largest absolute Gasteiger partial charge is 0.496 e. The Labute approximate surface area is 218 Å². The Bertz CT molecular complexity index is 1350. The maximum absolute atomic E-state index is 13.3. The summed E-state index contributed by atoms with van der Waals surface area (Å²) in [6, 6.07) is 8.89. The molecule has 9 nitrogen and oxygen atoms in total. The van der Waals surface area contributed by atoms with E-state index in [2.05, 4.69) is 21.3 Å². The molecule has 200 valence electrons. The topological polar surface area (TPSA) is 101 Å². The van der Waals surface area contributed by atoms with E-state index >= 15 is 0 Å². The first-order valence-electron chi connectivity index (χ1n) is 12.6. The summed E-state index contributed by atoms with van der Waals surface area (Å²) in [5.41, 5.74) is 1.67. The second-order valence-corrected chi connectivity index (χ2v) is 9.59. The molecule has 0 unspecified atom stereocenters. The van der Waals surface area contributed by atoms with E-state index in [0.717, 1.165) is 38.9 Å². The highest BCUT2D eigenvalue weighted by Gasteiger charge is 2.29. The van der Waals surface area contributed by atoms with Crippen LogP contribution < -0.4 is 19.5 Å². The van der Waals surface area contributed by atoms with Gasteiger partial charge in [0.25, 0.3) is 5.91 Å². The molecular weight excluding hydrogens is 496 g/mol. The highest BCUT2D eigenvalue weighted by molar-refractivity contribution is 6.01. The Morgan fingerprint density at radius 3 is 2.82 bits per heavy atom. The quantitative estimate of drug-likeness (QED) is 0.402. The van der Waals surface area contributed by atoms with Crippen molar-refractivity contribution in [2.45, 2.75) is 38.3 Å². The number of benzene rings is 1. The predicted octanol–water partition coefficient (Wildman–Crippen LogP) is 4.12. The summed E-state index contributed by atoms with van der Waals surface area (Å²) in [5, 5.41) is 11.6. The van der Waals surface area contributed by atoms with Crippen LogP contribution in [0.2, 0.25) is 0 Å². The summed E-state index contributed by atoms with van der Waals surface area (Å²) in [6.45, 7) is 0.138. The number of nitriles is 1. The van der Waals surface area contributed by atoms with E-state index in [1.54, 1.807) is 22.9 Å². The van der Waals surface area contributed by atoms with Crippen LogP contribution in [0.15, 0.2) is 36.7 Å². The number of hydrogen-bond acceptors (Lipinski definition) is 7. The van der Waals surface area contributed by atoms with Gasteiger partial charge in [-0.05, 0) is 44.0 Å². The third-order valence-corrected chi connectivity index (χ3v) is 6.82. The standard InChI is InChI=1S/C27H29F2N5O4/c1-36-22-11-18(12-23(38-27(28)29)25(22)26(35)32-19-3-4-19)21-14-31-24-13-20(6-10-34(21)24)37-16-17-5-9-33(15-17)8-2-7-30/h6,10-14,17,19,27H,2-5,8-9,15-16H2,1H3,(H,32,35)/t17-/m0/s1. The molecule has 1 amide bonds. The number of nitrogens with one attached hydrogen (secondary N) is 1. The molecule has 1 saturated heterocycles. The molecule has 1 aliphatic carbocycles. The first kappa shape index (κ1) is 25.7. The Kier molecular flexibility index (Phi) is 7.60. The van der Waals surface area contributed by atoms with Gasteiger partial charge in [0.2, 0.25) is 0 Å². The number of ether oxygens (including phenoxy) is 3. The summed E-state index contributed by atoms with van der Waals surface area (Å²) < 4.78 is 44.5. The van der Waals surface area contributed by atoms with Gasteiger partial charge in [-0.1, -0.05) is 0 Å². The lowest BCUT2D eigenvalue weighted by Gasteiger charge is -2.16. The molecule has 3 heterocycles. The molecule has 2 aromatic heterocycles. The summed E-state index contributed by atoms with van der Waals surface area (Å²) in [4.78, 5) is 19.5.